The number of hydrogen-bond acceptors (Lipinski definition) is 6. The number of carbonyl (C=O) groups excluding carboxylic acids is 2. The van der Waals surface area contributed by atoms with Gasteiger partial charge in [-0.05, 0) is 42.0 Å². The second-order valence-electron chi connectivity index (χ2n) is 5.59. The Morgan fingerprint density at radius 3 is 2.50 bits per heavy atom. The predicted molar refractivity (Wildman–Crippen MR) is 93.7 cm³/mol. The molecule has 0 radical (unpaired) electrons. The number of rotatable bonds is 6. The monoisotopic (exact) mass is 357 g/mol. The van der Waals surface area contributed by atoms with Gasteiger partial charge in [-0.25, -0.2) is 0 Å². The van der Waals surface area contributed by atoms with Crippen LogP contribution in [0.2, 0.25) is 0 Å². The summed E-state index contributed by atoms with van der Waals surface area (Å²) in [4.78, 5) is 23.8. The fraction of sp³-hybridized carbons (Fsp3) is 0.263. The Balaban J connectivity index is 1.46. The molecule has 1 heterocycles. The van der Waals surface area contributed by atoms with E-state index in [0.717, 1.165) is 5.56 Å². The fourth-order valence-corrected chi connectivity index (χ4v) is 2.43. The van der Waals surface area contributed by atoms with E-state index >= 15 is 0 Å². The van der Waals surface area contributed by atoms with E-state index < -0.39 is 11.9 Å². The third kappa shape index (κ3) is 4.66. The summed E-state index contributed by atoms with van der Waals surface area (Å²) in [6, 6.07) is 12.1. The van der Waals surface area contributed by atoms with Gasteiger partial charge >= 0.3 is 5.97 Å². The summed E-state index contributed by atoms with van der Waals surface area (Å²) >= 11 is 0. The highest BCUT2D eigenvalue weighted by molar-refractivity contribution is 5.92. The van der Waals surface area contributed by atoms with E-state index in [2.05, 4.69) is 5.32 Å². The van der Waals surface area contributed by atoms with Crippen LogP contribution in [0.3, 0.4) is 0 Å². The lowest BCUT2D eigenvalue weighted by molar-refractivity contribution is -0.146. The number of fused-ring (bicyclic) bond motifs is 1. The van der Waals surface area contributed by atoms with E-state index in [1.54, 1.807) is 49.6 Å². The van der Waals surface area contributed by atoms with Crippen LogP contribution in [0.25, 0.3) is 0 Å². The summed E-state index contributed by atoms with van der Waals surface area (Å²) < 4.78 is 21.0. The van der Waals surface area contributed by atoms with Gasteiger partial charge in [-0.1, -0.05) is 6.07 Å². The van der Waals surface area contributed by atoms with Gasteiger partial charge in [0.1, 0.15) is 19.0 Å². The highest BCUT2D eigenvalue weighted by Crippen LogP contribution is 2.30. The maximum Gasteiger partial charge on any atom is 0.310 e. The van der Waals surface area contributed by atoms with Crippen molar-refractivity contribution in [2.45, 2.75) is 6.42 Å². The van der Waals surface area contributed by atoms with Gasteiger partial charge in [-0.2, -0.15) is 0 Å². The van der Waals surface area contributed by atoms with Crippen molar-refractivity contribution in [1.29, 1.82) is 0 Å². The quantitative estimate of drug-likeness (QED) is 0.798. The minimum absolute atomic E-state index is 0.0481. The molecule has 0 fully saturated rings. The predicted octanol–water partition coefficient (Wildman–Crippen LogP) is 2.19. The Kier molecular flexibility index (Phi) is 5.58. The van der Waals surface area contributed by atoms with E-state index in [-0.39, 0.29) is 13.0 Å². The molecular weight excluding hydrogens is 338 g/mol. The zero-order valence-corrected chi connectivity index (χ0v) is 14.3. The van der Waals surface area contributed by atoms with Gasteiger partial charge in [-0.15, -0.1) is 0 Å². The Morgan fingerprint density at radius 1 is 1.04 bits per heavy atom. The minimum Gasteiger partial charge on any atom is -0.497 e. The first kappa shape index (κ1) is 17.6. The van der Waals surface area contributed by atoms with Crippen molar-refractivity contribution in [2.24, 2.45) is 0 Å². The largest absolute Gasteiger partial charge is 0.497 e. The molecule has 0 saturated carbocycles. The summed E-state index contributed by atoms with van der Waals surface area (Å²) in [5.41, 5.74) is 1.33. The summed E-state index contributed by atoms with van der Waals surface area (Å²) in [5.74, 6) is 1.05. The van der Waals surface area contributed by atoms with Gasteiger partial charge in [0.25, 0.3) is 5.91 Å². The third-order valence-electron chi connectivity index (χ3n) is 3.69. The molecule has 136 valence electrons. The zero-order chi connectivity index (χ0) is 18.4. The first-order valence-corrected chi connectivity index (χ1v) is 8.12. The summed E-state index contributed by atoms with van der Waals surface area (Å²) in [6.07, 6.45) is 0.0481. The Labute approximate surface area is 150 Å². The number of nitrogens with one attached hydrogen (secondary N) is 1. The number of ether oxygens (including phenoxy) is 4. The van der Waals surface area contributed by atoms with Crippen LogP contribution >= 0.6 is 0 Å². The molecule has 1 aliphatic heterocycles. The summed E-state index contributed by atoms with van der Waals surface area (Å²) in [6.45, 7) is 0.638. The smallest absolute Gasteiger partial charge is 0.310 e. The van der Waals surface area contributed by atoms with Crippen LogP contribution in [0.15, 0.2) is 42.5 Å². The van der Waals surface area contributed by atoms with E-state index in [1.807, 2.05) is 0 Å². The van der Waals surface area contributed by atoms with Crippen molar-refractivity contribution in [2.75, 3.05) is 32.2 Å². The molecule has 0 saturated heterocycles. The lowest BCUT2D eigenvalue weighted by Crippen LogP contribution is -2.21. The Bertz CT molecular complexity index is 787. The molecule has 7 nitrogen and oxygen atoms in total. The molecular formula is C19H19NO6. The number of anilines is 1. The second kappa shape index (κ2) is 8.24. The number of benzene rings is 2. The lowest BCUT2D eigenvalue weighted by atomic mass is 10.1. The maximum atomic E-state index is 11.9. The third-order valence-corrected chi connectivity index (χ3v) is 3.69. The first-order valence-electron chi connectivity index (χ1n) is 8.12. The van der Waals surface area contributed by atoms with Crippen LogP contribution in [0, 0.1) is 0 Å². The van der Waals surface area contributed by atoms with Gasteiger partial charge in [-0.3, -0.25) is 9.59 Å². The molecule has 2 aromatic carbocycles. The van der Waals surface area contributed by atoms with Crippen LogP contribution < -0.4 is 19.5 Å². The van der Waals surface area contributed by atoms with Crippen LogP contribution in [-0.2, 0) is 20.7 Å². The average molecular weight is 357 g/mol. The van der Waals surface area contributed by atoms with Crippen molar-refractivity contribution in [3.63, 3.8) is 0 Å². The normalized spacial score (nSPS) is 12.2. The molecule has 0 atom stereocenters. The Morgan fingerprint density at radius 2 is 1.77 bits per heavy atom. The zero-order valence-electron chi connectivity index (χ0n) is 14.3. The van der Waals surface area contributed by atoms with Gasteiger partial charge in [0.15, 0.2) is 18.1 Å². The van der Waals surface area contributed by atoms with Crippen molar-refractivity contribution < 1.29 is 28.5 Å². The number of hydrogen-bond donors (Lipinski definition) is 1. The van der Waals surface area contributed by atoms with Gasteiger partial charge in [0.05, 0.1) is 13.5 Å². The molecule has 3 rings (SSSR count). The number of amides is 1. The summed E-state index contributed by atoms with van der Waals surface area (Å²) in [7, 11) is 1.56. The summed E-state index contributed by atoms with van der Waals surface area (Å²) in [5, 5.41) is 2.65. The van der Waals surface area contributed by atoms with E-state index in [0.29, 0.717) is 36.1 Å². The van der Waals surface area contributed by atoms with E-state index in [9.17, 15) is 9.59 Å². The number of methoxy groups -OCH3 is 1. The molecule has 0 spiro atoms. The van der Waals surface area contributed by atoms with Crippen molar-refractivity contribution >= 4 is 17.6 Å². The highest BCUT2D eigenvalue weighted by Gasteiger charge is 2.14. The second-order valence-corrected chi connectivity index (χ2v) is 5.59. The van der Waals surface area contributed by atoms with E-state index in [1.165, 1.54) is 0 Å². The number of carbonyl (C=O) groups is 2. The molecule has 7 heteroatoms. The molecule has 0 unspecified atom stereocenters. The SMILES string of the molecule is COc1ccc(NC(=O)COC(=O)Cc2ccc3c(c2)OCCO3)cc1. The van der Waals surface area contributed by atoms with Crippen LogP contribution in [0.1, 0.15) is 5.56 Å². The van der Waals surface area contributed by atoms with E-state index in [4.69, 9.17) is 18.9 Å². The van der Waals surface area contributed by atoms with Crippen molar-refractivity contribution in [3.05, 3.63) is 48.0 Å². The van der Waals surface area contributed by atoms with Gasteiger partial charge in [0, 0.05) is 5.69 Å². The first-order chi connectivity index (χ1) is 12.6. The molecule has 0 aromatic heterocycles. The van der Waals surface area contributed by atoms with Gasteiger partial charge < -0.3 is 24.3 Å². The fourth-order valence-electron chi connectivity index (χ4n) is 2.43. The van der Waals surface area contributed by atoms with Crippen LogP contribution in [0.4, 0.5) is 5.69 Å². The topological polar surface area (TPSA) is 83.1 Å². The lowest BCUT2D eigenvalue weighted by Gasteiger charge is -2.18. The minimum atomic E-state index is -0.494. The molecule has 1 aliphatic rings. The molecule has 0 aliphatic carbocycles. The molecule has 1 N–H and O–H groups in total. The molecule has 0 bridgehead atoms. The maximum absolute atomic E-state index is 11.9. The molecule has 1 amide bonds. The van der Waals surface area contributed by atoms with Crippen LogP contribution in [-0.4, -0.2) is 38.8 Å². The van der Waals surface area contributed by atoms with Gasteiger partial charge in [0.2, 0.25) is 0 Å². The average Bonchev–Trinajstić information content (AvgIpc) is 2.67. The van der Waals surface area contributed by atoms with Crippen molar-refractivity contribution in [1.82, 2.24) is 0 Å². The van der Waals surface area contributed by atoms with Crippen LogP contribution in [0.5, 0.6) is 17.2 Å². The number of esters is 1. The molecule has 26 heavy (non-hydrogen) atoms. The molecule has 2 aromatic rings. The van der Waals surface area contributed by atoms with Crippen molar-refractivity contribution in [3.8, 4) is 17.2 Å². The standard InChI is InChI=1S/C19H19NO6/c1-23-15-5-3-14(4-6-15)20-18(21)12-26-19(22)11-13-2-7-16-17(10-13)25-9-8-24-16/h2-7,10H,8-9,11-12H2,1H3,(H,20,21). The highest BCUT2D eigenvalue weighted by atomic mass is 16.6. The Hall–Kier alpha value is -3.22.